The van der Waals surface area contributed by atoms with Gasteiger partial charge < -0.3 is 5.32 Å². The van der Waals surface area contributed by atoms with Crippen LogP contribution in [0.2, 0.25) is 0 Å². The van der Waals surface area contributed by atoms with Gasteiger partial charge in [-0.1, -0.05) is 43.8 Å². The number of nitrogens with one attached hydrogen (secondary N) is 1. The Balaban J connectivity index is 1.49. The van der Waals surface area contributed by atoms with E-state index in [9.17, 15) is 4.79 Å². The second-order valence-corrected chi connectivity index (χ2v) is 9.00. The van der Waals surface area contributed by atoms with Crippen LogP contribution in [0.3, 0.4) is 0 Å². The van der Waals surface area contributed by atoms with E-state index in [1.165, 1.54) is 39.6 Å². The zero-order valence-corrected chi connectivity index (χ0v) is 17.3. The van der Waals surface area contributed by atoms with E-state index in [-0.39, 0.29) is 5.91 Å². The molecule has 3 aromatic rings. The largest absolute Gasteiger partial charge is 0.325 e. The molecule has 1 aliphatic rings. The lowest BCUT2D eigenvalue weighted by Gasteiger charge is -2.15. The van der Waals surface area contributed by atoms with E-state index in [0.717, 1.165) is 34.8 Å². The van der Waals surface area contributed by atoms with Crippen LogP contribution in [0.4, 0.5) is 5.69 Å². The van der Waals surface area contributed by atoms with Crippen molar-refractivity contribution in [1.29, 1.82) is 0 Å². The highest BCUT2D eigenvalue weighted by molar-refractivity contribution is 8.00. The molecule has 4 nitrogen and oxygen atoms in total. The van der Waals surface area contributed by atoms with Crippen molar-refractivity contribution < 1.29 is 4.79 Å². The minimum Gasteiger partial charge on any atom is -0.325 e. The van der Waals surface area contributed by atoms with Crippen LogP contribution in [0.15, 0.2) is 35.6 Å². The number of benzene rings is 1. The lowest BCUT2D eigenvalue weighted by atomic mass is 9.97. The summed E-state index contributed by atoms with van der Waals surface area (Å²) in [5.74, 6) is 0.782. The second kappa shape index (κ2) is 7.98. The van der Waals surface area contributed by atoms with E-state index < -0.39 is 0 Å². The van der Waals surface area contributed by atoms with Gasteiger partial charge in [0.15, 0.2) is 0 Å². The monoisotopic (exact) mass is 397 g/mol. The van der Waals surface area contributed by atoms with Crippen LogP contribution >= 0.6 is 23.1 Å². The number of rotatable bonds is 6. The molecule has 2 heterocycles. The number of aryl methyl sites for hydroxylation is 2. The molecule has 27 heavy (non-hydrogen) atoms. The molecule has 1 aromatic carbocycles. The number of hydrogen-bond donors (Lipinski definition) is 1. The highest BCUT2D eigenvalue weighted by atomic mass is 32.2. The third-order valence-corrected chi connectivity index (χ3v) is 7.37. The predicted octanol–water partition coefficient (Wildman–Crippen LogP) is 5.42. The maximum absolute atomic E-state index is 12.6. The van der Waals surface area contributed by atoms with Crippen molar-refractivity contribution in [1.82, 2.24) is 9.97 Å². The number of fused-ring (bicyclic) bond motifs is 3. The standard InChI is InChI=1S/C21H23N3OS2/c1-3-13(2)14-7-4-5-9-16(14)24-18(25)11-26-20-19-15-8-6-10-17(15)27-21(19)23-12-22-20/h4-5,7,9,12-13H,3,6,8,10-11H2,1-2H3,(H,24,25)/t13-/m0/s1. The summed E-state index contributed by atoms with van der Waals surface area (Å²) in [6.45, 7) is 4.35. The molecule has 1 aliphatic carbocycles. The van der Waals surface area contributed by atoms with Gasteiger partial charge in [0.05, 0.1) is 5.75 Å². The average molecular weight is 398 g/mol. The molecule has 4 rings (SSSR count). The summed E-state index contributed by atoms with van der Waals surface area (Å²) < 4.78 is 0. The van der Waals surface area contributed by atoms with Crippen LogP contribution in [0.25, 0.3) is 10.2 Å². The highest BCUT2D eigenvalue weighted by Crippen LogP contribution is 2.40. The van der Waals surface area contributed by atoms with E-state index in [1.807, 2.05) is 18.2 Å². The van der Waals surface area contributed by atoms with Gasteiger partial charge in [0.1, 0.15) is 16.2 Å². The molecule has 0 aliphatic heterocycles. The Morgan fingerprint density at radius 2 is 2.15 bits per heavy atom. The molecule has 1 atom stereocenters. The van der Waals surface area contributed by atoms with Gasteiger partial charge in [0, 0.05) is 16.0 Å². The van der Waals surface area contributed by atoms with Gasteiger partial charge in [0.2, 0.25) is 5.91 Å². The first kappa shape index (κ1) is 18.4. The minimum atomic E-state index is 0.00869. The highest BCUT2D eigenvalue weighted by Gasteiger charge is 2.21. The smallest absolute Gasteiger partial charge is 0.234 e. The van der Waals surface area contributed by atoms with E-state index in [1.54, 1.807) is 17.7 Å². The number of carbonyl (C=O) groups excluding carboxylic acids is 1. The molecule has 0 saturated carbocycles. The molecule has 0 saturated heterocycles. The molecule has 1 N–H and O–H groups in total. The number of carbonyl (C=O) groups is 1. The molecule has 0 fully saturated rings. The van der Waals surface area contributed by atoms with Gasteiger partial charge in [0.25, 0.3) is 0 Å². The van der Waals surface area contributed by atoms with Crippen molar-refractivity contribution in [3.63, 3.8) is 0 Å². The first-order valence-electron chi connectivity index (χ1n) is 9.44. The number of thiophene rings is 1. The number of para-hydroxylation sites is 1. The number of anilines is 1. The van der Waals surface area contributed by atoms with Crippen LogP contribution < -0.4 is 5.32 Å². The van der Waals surface area contributed by atoms with E-state index >= 15 is 0 Å². The van der Waals surface area contributed by atoms with Crippen molar-refractivity contribution in [2.45, 2.75) is 50.5 Å². The molecule has 6 heteroatoms. The Morgan fingerprint density at radius 1 is 1.30 bits per heavy atom. The van der Waals surface area contributed by atoms with E-state index in [4.69, 9.17) is 0 Å². The molecule has 0 bridgehead atoms. The number of amides is 1. The fraction of sp³-hybridized carbons (Fsp3) is 0.381. The van der Waals surface area contributed by atoms with Gasteiger partial charge in [-0.05, 0) is 48.8 Å². The number of nitrogens with zero attached hydrogens (tertiary/aromatic N) is 2. The summed E-state index contributed by atoms with van der Waals surface area (Å²) in [7, 11) is 0. The van der Waals surface area contributed by atoms with Gasteiger partial charge in [-0.3, -0.25) is 4.79 Å². The maximum Gasteiger partial charge on any atom is 0.234 e. The van der Waals surface area contributed by atoms with E-state index in [2.05, 4.69) is 35.2 Å². The molecule has 0 spiro atoms. The first-order valence-corrected chi connectivity index (χ1v) is 11.2. The van der Waals surface area contributed by atoms with Crippen LogP contribution in [0, 0.1) is 0 Å². The molecular formula is C21H23N3OS2. The number of aromatic nitrogens is 2. The summed E-state index contributed by atoms with van der Waals surface area (Å²) in [6, 6.07) is 8.08. The van der Waals surface area contributed by atoms with Crippen LogP contribution in [0.1, 0.15) is 48.6 Å². The zero-order chi connectivity index (χ0) is 18.8. The summed E-state index contributed by atoms with van der Waals surface area (Å²) in [6.07, 6.45) is 6.12. The SMILES string of the molecule is CC[C@H](C)c1ccccc1NC(=O)CSc1ncnc2sc3c(c12)CCC3. The minimum absolute atomic E-state index is 0.00869. The summed E-state index contributed by atoms with van der Waals surface area (Å²) in [5.41, 5.74) is 3.51. The van der Waals surface area contributed by atoms with Crippen molar-refractivity contribution in [2.75, 3.05) is 11.1 Å². The average Bonchev–Trinajstić information content (AvgIpc) is 3.27. The van der Waals surface area contributed by atoms with Gasteiger partial charge in [-0.15, -0.1) is 11.3 Å². The Hall–Kier alpha value is -1.92. The maximum atomic E-state index is 12.6. The summed E-state index contributed by atoms with van der Waals surface area (Å²) >= 11 is 3.29. The third kappa shape index (κ3) is 3.73. The molecule has 0 unspecified atom stereocenters. The fourth-order valence-electron chi connectivity index (χ4n) is 3.59. The van der Waals surface area contributed by atoms with Crippen molar-refractivity contribution in [2.24, 2.45) is 0 Å². The summed E-state index contributed by atoms with van der Waals surface area (Å²) in [5, 5.41) is 5.20. The number of hydrogen-bond acceptors (Lipinski definition) is 5. The summed E-state index contributed by atoms with van der Waals surface area (Å²) in [4.78, 5) is 24.0. The van der Waals surface area contributed by atoms with Gasteiger partial charge in [-0.25, -0.2) is 9.97 Å². The van der Waals surface area contributed by atoms with Crippen molar-refractivity contribution in [3.8, 4) is 0 Å². The lowest BCUT2D eigenvalue weighted by Crippen LogP contribution is -2.16. The normalized spacial score (nSPS) is 14.3. The number of thioether (sulfide) groups is 1. The Morgan fingerprint density at radius 3 is 3.00 bits per heavy atom. The molecule has 140 valence electrons. The third-order valence-electron chi connectivity index (χ3n) is 5.18. The van der Waals surface area contributed by atoms with Gasteiger partial charge >= 0.3 is 0 Å². The quantitative estimate of drug-likeness (QED) is 0.445. The van der Waals surface area contributed by atoms with Crippen LogP contribution in [-0.4, -0.2) is 21.6 Å². The Labute approximate surface area is 167 Å². The Bertz CT molecular complexity index is 983. The first-order chi connectivity index (χ1) is 13.2. The molecule has 2 aromatic heterocycles. The zero-order valence-electron chi connectivity index (χ0n) is 15.6. The Kier molecular flexibility index (Phi) is 5.45. The van der Waals surface area contributed by atoms with Crippen molar-refractivity contribution in [3.05, 3.63) is 46.6 Å². The molecular weight excluding hydrogens is 374 g/mol. The predicted molar refractivity (Wildman–Crippen MR) is 114 cm³/mol. The van der Waals surface area contributed by atoms with Crippen molar-refractivity contribution >= 4 is 44.9 Å². The lowest BCUT2D eigenvalue weighted by molar-refractivity contribution is -0.113. The van der Waals surface area contributed by atoms with Crippen LogP contribution in [0.5, 0.6) is 0 Å². The molecule has 1 amide bonds. The van der Waals surface area contributed by atoms with Gasteiger partial charge in [-0.2, -0.15) is 0 Å². The fourth-order valence-corrected chi connectivity index (χ4v) is 5.71. The van der Waals surface area contributed by atoms with E-state index in [0.29, 0.717) is 11.7 Å². The second-order valence-electron chi connectivity index (χ2n) is 6.95. The van der Waals surface area contributed by atoms with Crippen LogP contribution in [-0.2, 0) is 17.6 Å². The topological polar surface area (TPSA) is 54.9 Å². The molecule has 0 radical (unpaired) electrons.